The van der Waals surface area contributed by atoms with Crippen LogP contribution >= 0.6 is 0 Å². The van der Waals surface area contributed by atoms with Crippen LogP contribution in [-0.4, -0.2) is 44.3 Å². The van der Waals surface area contributed by atoms with Gasteiger partial charge in [0.25, 0.3) is 11.5 Å². The third kappa shape index (κ3) is 6.56. The summed E-state index contributed by atoms with van der Waals surface area (Å²) < 4.78 is 32.7. The zero-order chi connectivity index (χ0) is 27.5. The Bertz CT molecular complexity index is 1590. The topological polar surface area (TPSA) is 139 Å². The Morgan fingerprint density at radius 1 is 1.05 bits per heavy atom. The van der Waals surface area contributed by atoms with Gasteiger partial charge in [-0.2, -0.15) is 0 Å². The Balaban J connectivity index is 2.22. The quantitative estimate of drug-likeness (QED) is 0.405. The molecule has 0 aliphatic heterocycles. The van der Waals surface area contributed by atoms with Gasteiger partial charge in [-0.25, -0.2) is 13.2 Å². The normalized spacial score (nSPS) is 11.9. The van der Waals surface area contributed by atoms with Gasteiger partial charge in [0.05, 0.1) is 19.1 Å². The van der Waals surface area contributed by atoms with Gasteiger partial charge in [-0.1, -0.05) is 39.0 Å². The number of H-pyrrole nitrogens is 1. The van der Waals surface area contributed by atoms with E-state index in [1.807, 2.05) is 26.8 Å². The van der Waals surface area contributed by atoms with Crippen molar-refractivity contribution in [3.63, 3.8) is 0 Å². The van der Waals surface area contributed by atoms with Crippen molar-refractivity contribution in [1.29, 1.82) is 0 Å². The molecule has 0 aliphatic rings. The first-order chi connectivity index (χ1) is 17.2. The molecule has 196 valence electrons. The Morgan fingerprint density at radius 2 is 1.73 bits per heavy atom. The number of aromatic nitrogens is 2. The lowest BCUT2D eigenvalue weighted by atomic mass is 9.84. The second kappa shape index (κ2) is 10.5. The molecule has 0 spiro atoms. The van der Waals surface area contributed by atoms with Crippen molar-refractivity contribution in [2.45, 2.75) is 26.2 Å². The van der Waals surface area contributed by atoms with Gasteiger partial charge < -0.3 is 10.1 Å². The van der Waals surface area contributed by atoms with Crippen LogP contribution in [0.1, 0.15) is 47.8 Å². The molecule has 0 unspecified atom stereocenters. The SMILES string of the molecule is CNC(=O)c1cc(NS(C)(=O)=O)ccc1/C=C/c1cc(-n2ccc(=O)[nH]c2=O)cc(C(C)(C)C)c1OC. The molecule has 3 N–H and O–H groups in total. The first-order valence-corrected chi connectivity index (χ1v) is 13.2. The zero-order valence-electron chi connectivity index (χ0n) is 21.5. The number of aromatic amines is 1. The Hall–Kier alpha value is -4.12. The van der Waals surface area contributed by atoms with Gasteiger partial charge in [-0.05, 0) is 35.2 Å². The first-order valence-electron chi connectivity index (χ1n) is 11.3. The number of ether oxygens (including phenoxy) is 1. The molecule has 0 atom stereocenters. The van der Waals surface area contributed by atoms with Crippen LogP contribution in [0.4, 0.5) is 5.69 Å². The van der Waals surface area contributed by atoms with E-state index in [9.17, 15) is 22.8 Å². The van der Waals surface area contributed by atoms with Crippen LogP contribution in [-0.2, 0) is 15.4 Å². The van der Waals surface area contributed by atoms with Gasteiger partial charge in [-0.15, -0.1) is 0 Å². The fourth-order valence-electron chi connectivity index (χ4n) is 3.79. The van der Waals surface area contributed by atoms with Crippen LogP contribution in [0.15, 0.2) is 52.2 Å². The number of anilines is 1. The molecule has 0 bridgehead atoms. The molecular formula is C26H30N4O6S. The lowest BCUT2D eigenvalue weighted by Gasteiger charge is -2.25. The van der Waals surface area contributed by atoms with E-state index in [0.717, 1.165) is 11.8 Å². The smallest absolute Gasteiger partial charge is 0.332 e. The number of sulfonamides is 1. The molecule has 0 saturated heterocycles. The third-order valence-corrected chi connectivity index (χ3v) is 6.09. The molecular weight excluding hydrogens is 496 g/mol. The molecule has 0 radical (unpaired) electrons. The molecule has 0 aliphatic carbocycles. The molecule has 0 saturated carbocycles. The molecule has 37 heavy (non-hydrogen) atoms. The van der Waals surface area contributed by atoms with Crippen molar-refractivity contribution in [1.82, 2.24) is 14.9 Å². The van der Waals surface area contributed by atoms with Gasteiger partial charge in [0.1, 0.15) is 5.75 Å². The minimum absolute atomic E-state index is 0.255. The number of nitrogens with zero attached hydrogens (tertiary/aromatic N) is 1. The fraction of sp³-hybridized carbons (Fsp3) is 0.269. The average molecular weight is 527 g/mol. The first kappa shape index (κ1) is 27.5. The van der Waals surface area contributed by atoms with Crippen LogP contribution in [0, 0.1) is 0 Å². The minimum atomic E-state index is -3.53. The summed E-state index contributed by atoms with van der Waals surface area (Å²) in [5.41, 5.74) is 1.58. The van der Waals surface area contributed by atoms with Gasteiger partial charge in [-0.3, -0.25) is 23.9 Å². The summed E-state index contributed by atoms with van der Waals surface area (Å²) in [5, 5.41) is 2.56. The number of rotatable bonds is 7. The van der Waals surface area contributed by atoms with E-state index in [1.165, 1.54) is 29.9 Å². The summed E-state index contributed by atoms with van der Waals surface area (Å²) in [5.74, 6) is 0.189. The van der Waals surface area contributed by atoms with E-state index >= 15 is 0 Å². The third-order valence-electron chi connectivity index (χ3n) is 5.49. The van der Waals surface area contributed by atoms with E-state index in [-0.39, 0.29) is 16.7 Å². The molecule has 11 heteroatoms. The second-order valence-corrected chi connectivity index (χ2v) is 11.2. The molecule has 10 nitrogen and oxygen atoms in total. The molecule has 0 fully saturated rings. The number of carbonyl (C=O) groups is 1. The average Bonchev–Trinajstić information content (AvgIpc) is 2.80. The maximum absolute atomic E-state index is 12.6. The van der Waals surface area contributed by atoms with Crippen molar-refractivity contribution in [2.75, 3.05) is 25.1 Å². The standard InChI is InChI=1S/C26H30N4O6S/c1-26(2,3)21-15-19(30-12-11-22(31)28-25(30)33)13-17(23(21)36-5)8-7-16-9-10-18(29-37(6,34)35)14-20(16)24(32)27-4/h7-15,29H,1-6H3,(H,27,32)(H,28,31,33)/b8-7+. The summed E-state index contributed by atoms with van der Waals surface area (Å²) in [4.78, 5) is 38.9. The fourth-order valence-corrected chi connectivity index (χ4v) is 4.35. The number of methoxy groups -OCH3 is 1. The largest absolute Gasteiger partial charge is 0.496 e. The molecule has 3 aromatic rings. The highest BCUT2D eigenvalue weighted by atomic mass is 32.2. The summed E-state index contributed by atoms with van der Waals surface area (Å²) in [7, 11) is -0.492. The Kier molecular flexibility index (Phi) is 7.77. The molecule has 1 amide bonds. The highest BCUT2D eigenvalue weighted by Gasteiger charge is 2.23. The van der Waals surface area contributed by atoms with Crippen molar-refractivity contribution >= 4 is 33.8 Å². The van der Waals surface area contributed by atoms with E-state index < -0.39 is 27.2 Å². The van der Waals surface area contributed by atoms with Crippen LogP contribution in [0.2, 0.25) is 0 Å². The number of hydrogen-bond acceptors (Lipinski definition) is 6. The molecule has 3 rings (SSSR count). The van der Waals surface area contributed by atoms with Crippen molar-refractivity contribution < 1.29 is 17.9 Å². The van der Waals surface area contributed by atoms with E-state index in [2.05, 4.69) is 15.0 Å². The van der Waals surface area contributed by atoms with Crippen molar-refractivity contribution in [3.05, 3.63) is 85.7 Å². The molecule has 1 aromatic heterocycles. The number of hydrogen-bond donors (Lipinski definition) is 3. The van der Waals surface area contributed by atoms with E-state index in [1.54, 1.807) is 37.5 Å². The summed E-state index contributed by atoms with van der Waals surface area (Å²) in [6.07, 6.45) is 5.89. The monoisotopic (exact) mass is 526 g/mol. The second-order valence-electron chi connectivity index (χ2n) is 9.43. The lowest BCUT2D eigenvalue weighted by molar-refractivity contribution is 0.0963. The molecule has 2 aromatic carbocycles. The summed E-state index contributed by atoms with van der Waals surface area (Å²) in [6, 6.07) is 9.47. The highest BCUT2D eigenvalue weighted by molar-refractivity contribution is 7.92. The van der Waals surface area contributed by atoms with Crippen molar-refractivity contribution in [2.24, 2.45) is 0 Å². The maximum atomic E-state index is 12.6. The van der Waals surface area contributed by atoms with Crippen LogP contribution in [0.5, 0.6) is 5.75 Å². The van der Waals surface area contributed by atoms with Gasteiger partial charge in [0.15, 0.2) is 0 Å². The van der Waals surface area contributed by atoms with Gasteiger partial charge in [0.2, 0.25) is 10.0 Å². The molecule has 1 heterocycles. The van der Waals surface area contributed by atoms with Crippen LogP contribution in [0.3, 0.4) is 0 Å². The van der Waals surface area contributed by atoms with E-state index in [0.29, 0.717) is 22.6 Å². The number of benzene rings is 2. The van der Waals surface area contributed by atoms with Crippen LogP contribution in [0.25, 0.3) is 17.8 Å². The Morgan fingerprint density at radius 3 is 2.30 bits per heavy atom. The van der Waals surface area contributed by atoms with E-state index in [4.69, 9.17) is 4.74 Å². The maximum Gasteiger partial charge on any atom is 0.332 e. The number of nitrogens with one attached hydrogen (secondary N) is 3. The minimum Gasteiger partial charge on any atom is -0.496 e. The van der Waals surface area contributed by atoms with Gasteiger partial charge >= 0.3 is 5.69 Å². The highest BCUT2D eigenvalue weighted by Crippen LogP contribution is 2.37. The number of amides is 1. The number of carbonyl (C=O) groups excluding carboxylic acids is 1. The van der Waals surface area contributed by atoms with Crippen LogP contribution < -0.4 is 26.0 Å². The van der Waals surface area contributed by atoms with Crippen molar-refractivity contribution in [3.8, 4) is 11.4 Å². The summed E-state index contributed by atoms with van der Waals surface area (Å²) in [6.45, 7) is 6.03. The van der Waals surface area contributed by atoms with Gasteiger partial charge in [0, 0.05) is 41.7 Å². The predicted molar refractivity (Wildman–Crippen MR) is 145 cm³/mol. The zero-order valence-corrected chi connectivity index (χ0v) is 22.3. The predicted octanol–water partition coefficient (Wildman–Crippen LogP) is 2.73. The summed E-state index contributed by atoms with van der Waals surface area (Å²) >= 11 is 0. The Labute approximate surface area is 215 Å². The lowest BCUT2D eigenvalue weighted by Crippen LogP contribution is -2.28.